The molecule has 1 atom stereocenters. The molecule has 0 saturated carbocycles. The van der Waals surface area contributed by atoms with Gasteiger partial charge in [0.1, 0.15) is 11.8 Å². The predicted molar refractivity (Wildman–Crippen MR) is 103 cm³/mol. The summed E-state index contributed by atoms with van der Waals surface area (Å²) in [6, 6.07) is 11.1. The number of aromatic nitrogens is 2. The molecule has 1 N–H and O–H groups in total. The summed E-state index contributed by atoms with van der Waals surface area (Å²) in [5.74, 6) is 0.281. The number of hydrogen-bond acceptors (Lipinski definition) is 5. The summed E-state index contributed by atoms with van der Waals surface area (Å²) >= 11 is 0. The van der Waals surface area contributed by atoms with Gasteiger partial charge in [0.15, 0.2) is 0 Å². The monoisotopic (exact) mass is 378 g/mol. The molecule has 1 aliphatic rings. The molecule has 1 aliphatic heterocycles. The Morgan fingerprint density at radius 1 is 1.29 bits per heavy atom. The van der Waals surface area contributed by atoms with Crippen LogP contribution >= 0.6 is 0 Å². The van der Waals surface area contributed by atoms with E-state index in [0.29, 0.717) is 25.3 Å². The van der Waals surface area contributed by atoms with Crippen LogP contribution in [0.1, 0.15) is 29.9 Å². The average molecular weight is 378 g/mol. The van der Waals surface area contributed by atoms with Crippen molar-refractivity contribution in [3.8, 4) is 0 Å². The van der Waals surface area contributed by atoms with Gasteiger partial charge in [-0.3, -0.25) is 14.6 Å². The second kappa shape index (κ2) is 7.80. The quantitative estimate of drug-likeness (QED) is 0.736. The Morgan fingerprint density at radius 2 is 2.14 bits per heavy atom. The van der Waals surface area contributed by atoms with E-state index in [1.807, 2.05) is 37.3 Å². The molecule has 0 bridgehead atoms. The van der Waals surface area contributed by atoms with Gasteiger partial charge in [-0.15, -0.1) is 0 Å². The molecule has 28 heavy (non-hydrogen) atoms. The molecule has 0 spiro atoms. The fourth-order valence-corrected chi connectivity index (χ4v) is 3.70. The van der Waals surface area contributed by atoms with Gasteiger partial charge < -0.3 is 14.7 Å². The third-order valence-corrected chi connectivity index (χ3v) is 5.05. The third kappa shape index (κ3) is 3.74. The fraction of sp³-hybridized carbons (Fsp3) is 0.333. The number of nitrogens with zero attached hydrogens (tertiary/aromatic N) is 3. The SMILES string of the molecule is Cc1cc(CC(=O)N2CCCC2C(=O)NCc2cccc3cccnc23)on1. The number of likely N-dealkylation sites (tertiary alicyclic amines) is 1. The number of aryl methyl sites for hydroxylation is 1. The minimum absolute atomic E-state index is 0.111. The lowest BCUT2D eigenvalue weighted by atomic mass is 10.1. The molecule has 144 valence electrons. The van der Waals surface area contributed by atoms with Crippen molar-refractivity contribution in [1.82, 2.24) is 20.4 Å². The molecular formula is C21H22N4O3. The summed E-state index contributed by atoms with van der Waals surface area (Å²) in [7, 11) is 0. The van der Waals surface area contributed by atoms with Gasteiger partial charge in [-0.2, -0.15) is 0 Å². The number of pyridine rings is 1. The van der Waals surface area contributed by atoms with Crippen molar-refractivity contribution in [2.75, 3.05) is 6.54 Å². The molecule has 0 aliphatic carbocycles. The minimum atomic E-state index is -0.445. The van der Waals surface area contributed by atoms with Gasteiger partial charge in [0.25, 0.3) is 0 Å². The van der Waals surface area contributed by atoms with E-state index in [9.17, 15) is 9.59 Å². The number of para-hydroxylation sites is 1. The van der Waals surface area contributed by atoms with Crippen LogP contribution in [0.25, 0.3) is 10.9 Å². The Kier molecular flexibility index (Phi) is 5.06. The molecule has 1 aromatic carbocycles. The van der Waals surface area contributed by atoms with Crippen LogP contribution in [0.2, 0.25) is 0 Å². The van der Waals surface area contributed by atoms with Crippen LogP contribution in [0.15, 0.2) is 47.1 Å². The number of hydrogen-bond donors (Lipinski definition) is 1. The Balaban J connectivity index is 1.41. The van der Waals surface area contributed by atoms with Gasteiger partial charge in [0.2, 0.25) is 11.8 Å². The highest BCUT2D eigenvalue weighted by atomic mass is 16.5. The molecule has 1 fully saturated rings. The van der Waals surface area contributed by atoms with Crippen molar-refractivity contribution in [3.63, 3.8) is 0 Å². The van der Waals surface area contributed by atoms with E-state index in [4.69, 9.17) is 4.52 Å². The van der Waals surface area contributed by atoms with E-state index < -0.39 is 6.04 Å². The number of amides is 2. The van der Waals surface area contributed by atoms with Crippen LogP contribution in [0.3, 0.4) is 0 Å². The molecule has 0 radical (unpaired) electrons. The van der Waals surface area contributed by atoms with Crippen LogP contribution in [0.5, 0.6) is 0 Å². The molecule has 7 nitrogen and oxygen atoms in total. The fourth-order valence-electron chi connectivity index (χ4n) is 3.70. The summed E-state index contributed by atoms with van der Waals surface area (Å²) in [6.07, 6.45) is 3.35. The molecule has 3 aromatic rings. The highest BCUT2D eigenvalue weighted by molar-refractivity contribution is 5.89. The molecule has 1 saturated heterocycles. The highest BCUT2D eigenvalue weighted by Gasteiger charge is 2.34. The molecule has 3 heterocycles. The van der Waals surface area contributed by atoms with Gasteiger partial charge in [-0.1, -0.05) is 29.4 Å². The summed E-state index contributed by atoms with van der Waals surface area (Å²) < 4.78 is 5.13. The van der Waals surface area contributed by atoms with Gasteiger partial charge in [0.05, 0.1) is 17.6 Å². The Bertz CT molecular complexity index is 1010. The minimum Gasteiger partial charge on any atom is -0.361 e. The first-order valence-corrected chi connectivity index (χ1v) is 9.44. The van der Waals surface area contributed by atoms with Crippen LogP contribution in [-0.2, 0) is 22.6 Å². The first-order valence-electron chi connectivity index (χ1n) is 9.44. The first-order chi connectivity index (χ1) is 13.6. The van der Waals surface area contributed by atoms with E-state index in [2.05, 4.69) is 15.5 Å². The van der Waals surface area contributed by atoms with Gasteiger partial charge in [-0.05, 0) is 31.4 Å². The summed E-state index contributed by atoms with van der Waals surface area (Å²) in [6.45, 7) is 2.78. The number of fused-ring (bicyclic) bond motifs is 1. The summed E-state index contributed by atoms with van der Waals surface area (Å²) in [4.78, 5) is 31.5. The molecule has 1 unspecified atom stereocenters. The standard InChI is InChI=1S/C21H22N4O3/c1-14-11-17(28-24-14)12-19(26)25-10-4-8-18(25)21(27)23-13-16-6-2-5-15-7-3-9-22-20(15)16/h2-3,5-7,9,11,18H,4,8,10,12-13H2,1H3,(H,23,27). The maximum absolute atomic E-state index is 12.8. The lowest BCUT2D eigenvalue weighted by molar-refractivity contribution is -0.138. The van der Waals surface area contributed by atoms with Crippen LogP contribution in [-0.4, -0.2) is 39.4 Å². The van der Waals surface area contributed by atoms with Crippen molar-refractivity contribution >= 4 is 22.7 Å². The summed E-state index contributed by atoms with van der Waals surface area (Å²) in [5, 5.41) is 7.82. The van der Waals surface area contributed by atoms with Crippen LogP contribution in [0, 0.1) is 6.92 Å². The number of benzene rings is 1. The van der Waals surface area contributed by atoms with E-state index in [0.717, 1.165) is 28.6 Å². The van der Waals surface area contributed by atoms with E-state index in [1.54, 1.807) is 17.2 Å². The number of rotatable bonds is 5. The van der Waals surface area contributed by atoms with Crippen molar-refractivity contribution in [2.45, 2.75) is 38.8 Å². The molecule has 7 heteroatoms. The Morgan fingerprint density at radius 3 is 2.96 bits per heavy atom. The topological polar surface area (TPSA) is 88.3 Å². The lowest BCUT2D eigenvalue weighted by Gasteiger charge is -2.23. The number of nitrogens with one attached hydrogen (secondary N) is 1. The zero-order valence-electron chi connectivity index (χ0n) is 15.7. The second-order valence-corrected chi connectivity index (χ2v) is 7.07. The smallest absolute Gasteiger partial charge is 0.243 e. The van der Waals surface area contributed by atoms with E-state index >= 15 is 0 Å². The third-order valence-electron chi connectivity index (χ3n) is 5.05. The Hall–Kier alpha value is -3.22. The van der Waals surface area contributed by atoms with Crippen molar-refractivity contribution in [2.24, 2.45) is 0 Å². The van der Waals surface area contributed by atoms with Crippen molar-refractivity contribution in [3.05, 3.63) is 59.6 Å². The Labute approximate surface area is 162 Å². The summed E-state index contributed by atoms with van der Waals surface area (Å²) in [5.41, 5.74) is 2.58. The molecular weight excluding hydrogens is 356 g/mol. The zero-order chi connectivity index (χ0) is 19.5. The maximum atomic E-state index is 12.8. The van der Waals surface area contributed by atoms with E-state index in [-0.39, 0.29) is 18.2 Å². The number of carbonyl (C=O) groups excluding carboxylic acids is 2. The zero-order valence-corrected chi connectivity index (χ0v) is 15.7. The second-order valence-electron chi connectivity index (χ2n) is 7.07. The highest BCUT2D eigenvalue weighted by Crippen LogP contribution is 2.20. The molecule has 2 aromatic heterocycles. The van der Waals surface area contributed by atoms with Crippen LogP contribution in [0.4, 0.5) is 0 Å². The normalized spacial score (nSPS) is 16.5. The molecule has 4 rings (SSSR count). The van der Waals surface area contributed by atoms with Gasteiger partial charge >= 0.3 is 0 Å². The number of carbonyl (C=O) groups is 2. The van der Waals surface area contributed by atoms with Crippen molar-refractivity contribution in [1.29, 1.82) is 0 Å². The maximum Gasteiger partial charge on any atom is 0.243 e. The molecule has 2 amide bonds. The predicted octanol–water partition coefficient (Wildman–Crippen LogP) is 2.38. The largest absolute Gasteiger partial charge is 0.361 e. The lowest BCUT2D eigenvalue weighted by Crippen LogP contribution is -2.46. The van der Waals surface area contributed by atoms with Crippen molar-refractivity contribution < 1.29 is 14.1 Å². The van der Waals surface area contributed by atoms with Crippen LogP contribution < -0.4 is 5.32 Å². The first kappa shape index (κ1) is 18.2. The van der Waals surface area contributed by atoms with E-state index in [1.165, 1.54) is 0 Å². The van der Waals surface area contributed by atoms with Gasteiger partial charge in [0, 0.05) is 30.7 Å². The van der Waals surface area contributed by atoms with Gasteiger partial charge in [-0.25, -0.2) is 0 Å². The average Bonchev–Trinajstić information content (AvgIpc) is 3.35.